The largest absolute Gasteiger partial charge is 0.394 e. The first-order valence-corrected chi connectivity index (χ1v) is 3.66. The highest BCUT2D eigenvalue weighted by Crippen LogP contribution is 2.02. The Labute approximate surface area is 70.2 Å². The van der Waals surface area contributed by atoms with Gasteiger partial charge in [0.2, 0.25) is 0 Å². The van der Waals surface area contributed by atoms with Gasteiger partial charge in [-0.2, -0.15) is 5.26 Å². The third kappa shape index (κ3) is 1.60. The maximum absolute atomic E-state index is 8.63. The van der Waals surface area contributed by atoms with Gasteiger partial charge in [0.05, 0.1) is 37.0 Å². The Morgan fingerprint density at radius 1 is 1.67 bits per heavy atom. The lowest BCUT2D eigenvalue weighted by molar-refractivity contribution is 0.266. The fourth-order valence-corrected chi connectivity index (χ4v) is 0.942. The lowest BCUT2D eigenvalue weighted by atomic mass is 10.3. The van der Waals surface area contributed by atoms with E-state index in [0.717, 1.165) is 5.69 Å². The molecule has 0 aliphatic heterocycles. The molecule has 0 saturated carbocycles. The van der Waals surface area contributed by atoms with Crippen molar-refractivity contribution in [2.75, 3.05) is 6.61 Å². The zero-order chi connectivity index (χ0) is 8.97. The highest BCUT2D eigenvalue weighted by molar-refractivity contribution is 5.11. The number of nitriles is 1. The van der Waals surface area contributed by atoms with Gasteiger partial charge in [-0.1, -0.05) is 5.21 Å². The molecule has 0 aromatic carbocycles. The number of hydrogen-bond acceptors (Lipinski definition) is 4. The summed E-state index contributed by atoms with van der Waals surface area (Å²) in [6, 6.07) is 2.00. The smallest absolute Gasteiger partial charge is 0.0996 e. The van der Waals surface area contributed by atoms with Crippen molar-refractivity contribution >= 4 is 0 Å². The minimum absolute atomic E-state index is 0.0379. The minimum atomic E-state index is 0.0379. The van der Waals surface area contributed by atoms with Crippen LogP contribution in [0.5, 0.6) is 0 Å². The first kappa shape index (κ1) is 8.68. The van der Waals surface area contributed by atoms with Crippen LogP contribution in [0.2, 0.25) is 0 Å². The normalized spacial score (nSPS) is 9.75. The van der Waals surface area contributed by atoms with Crippen LogP contribution >= 0.6 is 0 Å². The molecule has 1 rings (SSSR count). The van der Waals surface area contributed by atoms with Gasteiger partial charge >= 0.3 is 0 Å². The van der Waals surface area contributed by atoms with Gasteiger partial charge in [0, 0.05) is 0 Å². The molecule has 0 radical (unpaired) electrons. The van der Waals surface area contributed by atoms with Gasteiger partial charge in [-0.15, -0.1) is 5.10 Å². The topological polar surface area (TPSA) is 74.7 Å². The molecule has 0 atom stereocenters. The second-order valence-electron chi connectivity index (χ2n) is 2.40. The molecule has 1 aromatic rings. The number of aliphatic hydroxyl groups is 1. The van der Waals surface area contributed by atoms with Crippen molar-refractivity contribution in [2.45, 2.75) is 19.9 Å². The van der Waals surface area contributed by atoms with Crippen molar-refractivity contribution in [1.82, 2.24) is 15.0 Å². The second kappa shape index (κ2) is 3.83. The molecule has 64 valence electrons. The van der Waals surface area contributed by atoms with Crippen LogP contribution in [0.15, 0.2) is 0 Å². The monoisotopic (exact) mass is 166 g/mol. The highest BCUT2D eigenvalue weighted by atomic mass is 16.3. The summed E-state index contributed by atoms with van der Waals surface area (Å²) >= 11 is 0. The van der Waals surface area contributed by atoms with Crippen LogP contribution in [0.3, 0.4) is 0 Å². The fraction of sp³-hybridized carbons (Fsp3) is 0.571. The SMILES string of the molecule is Cc1c(CC#N)nnn1CCO. The summed E-state index contributed by atoms with van der Waals surface area (Å²) in [7, 11) is 0. The molecule has 5 nitrogen and oxygen atoms in total. The summed E-state index contributed by atoms with van der Waals surface area (Å²) in [5, 5.41) is 24.6. The van der Waals surface area contributed by atoms with E-state index >= 15 is 0 Å². The Morgan fingerprint density at radius 3 is 3.00 bits per heavy atom. The summed E-state index contributed by atoms with van der Waals surface area (Å²) in [4.78, 5) is 0. The Morgan fingerprint density at radius 2 is 2.42 bits per heavy atom. The lowest BCUT2D eigenvalue weighted by Crippen LogP contribution is -2.06. The molecule has 12 heavy (non-hydrogen) atoms. The first-order chi connectivity index (χ1) is 5.79. The van der Waals surface area contributed by atoms with Crippen LogP contribution < -0.4 is 0 Å². The number of hydrogen-bond donors (Lipinski definition) is 1. The fourth-order valence-electron chi connectivity index (χ4n) is 0.942. The second-order valence-corrected chi connectivity index (χ2v) is 2.40. The molecule has 0 fully saturated rings. The van der Waals surface area contributed by atoms with Gasteiger partial charge in [-0.25, -0.2) is 4.68 Å². The Hall–Kier alpha value is -1.41. The highest BCUT2D eigenvalue weighted by Gasteiger charge is 2.06. The van der Waals surface area contributed by atoms with E-state index in [2.05, 4.69) is 10.3 Å². The summed E-state index contributed by atoms with van der Waals surface area (Å²) < 4.78 is 1.59. The van der Waals surface area contributed by atoms with Crippen LogP contribution in [0, 0.1) is 18.3 Å². The van der Waals surface area contributed by atoms with Gasteiger partial charge in [-0.05, 0) is 6.92 Å². The molecular weight excluding hydrogens is 156 g/mol. The average Bonchev–Trinajstić information content (AvgIpc) is 2.38. The maximum Gasteiger partial charge on any atom is 0.0996 e. The lowest BCUT2D eigenvalue weighted by Gasteiger charge is -1.98. The van der Waals surface area contributed by atoms with E-state index in [1.54, 1.807) is 4.68 Å². The molecule has 5 heteroatoms. The van der Waals surface area contributed by atoms with Gasteiger partial charge in [-0.3, -0.25) is 0 Å². The van der Waals surface area contributed by atoms with Gasteiger partial charge in [0.1, 0.15) is 0 Å². The van der Waals surface area contributed by atoms with Crippen molar-refractivity contribution in [3.8, 4) is 6.07 Å². The number of nitrogens with zero attached hydrogens (tertiary/aromatic N) is 4. The molecule has 1 N–H and O–H groups in total. The van der Waals surface area contributed by atoms with Crippen LogP contribution in [0.1, 0.15) is 11.4 Å². The number of rotatable bonds is 3. The molecule has 1 heterocycles. The van der Waals surface area contributed by atoms with Gasteiger partial charge in [0.15, 0.2) is 0 Å². The van der Waals surface area contributed by atoms with E-state index in [4.69, 9.17) is 10.4 Å². The summed E-state index contributed by atoms with van der Waals surface area (Å²) in [6.07, 6.45) is 0.275. The summed E-state index contributed by atoms with van der Waals surface area (Å²) in [5.41, 5.74) is 1.54. The van der Waals surface area contributed by atoms with Crippen molar-refractivity contribution in [3.63, 3.8) is 0 Å². The van der Waals surface area contributed by atoms with E-state index in [9.17, 15) is 0 Å². The Balaban J connectivity index is 2.82. The number of aliphatic hydroxyl groups excluding tert-OH is 1. The zero-order valence-electron chi connectivity index (χ0n) is 6.86. The molecule has 0 amide bonds. The quantitative estimate of drug-likeness (QED) is 0.665. The molecule has 0 bridgehead atoms. The molecule has 0 unspecified atom stereocenters. The van der Waals surface area contributed by atoms with E-state index in [-0.39, 0.29) is 13.0 Å². The zero-order valence-corrected chi connectivity index (χ0v) is 6.86. The third-order valence-corrected chi connectivity index (χ3v) is 1.64. The molecule has 0 spiro atoms. The molecule has 0 saturated heterocycles. The van der Waals surface area contributed by atoms with Gasteiger partial charge < -0.3 is 5.11 Å². The maximum atomic E-state index is 8.63. The molecule has 1 aromatic heterocycles. The summed E-state index contributed by atoms with van der Waals surface area (Å²) in [6.45, 7) is 2.31. The Kier molecular flexibility index (Phi) is 2.77. The van der Waals surface area contributed by atoms with Crippen LogP contribution in [-0.4, -0.2) is 26.7 Å². The van der Waals surface area contributed by atoms with E-state index in [1.165, 1.54) is 0 Å². The van der Waals surface area contributed by atoms with Crippen LogP contribution in [-0.2, 0) is 13.0 Å². The standard InChI is InChI=1S/C7H10N4O/c1-6-7(2-3-8)9-10-11(6)4-5-12/h12H,2,4-5H2,1H3. The van der Waals surface area contributed by atoms with Crippen LogP contribution in [0.25, 0.3) is 0 Å². The van der Waals surface area contributed by atoms with Crippen molar-refractivity contribution in [1.29, 1.82) is 5.26 Å². The molecule has 0 aliphatic carbocycles. The first-order valence-electron chi connectivity index (χ1n) is 3.66. The molecule has 0 aliphatic rings. The van der Waals surface area contributed by atoms with Crippen molar-refractivity contribution < 1.29 is 5.11 Å². The van der Waals surface area contributed by atoms with Gasteiger partial charge in [0.25, 0.3) is 0 Å². The predicted molar refractivity (Wildman–Crippen MR) is 41.2 cm³/mol. The molecular formula is C7H10N4O. The number of aromatic nitrogens is 3. The van der Waals surface area contributed by atoms with Crippen molar-refractivity contribution in [3.05, 3.63) is 11.4 Å². The minimum Gasteiger partial charge on any atom is -0.394 e. The predicted octanol–water partition coefficient (Wildman–Crippen LogP) is -0.355. The van der Waals surface area contributed by atoms with Crippen molar-refractivity contribution in [2.24, 2.45) is 0 Å². The average molecular weight is 166 g/mol. The van der Waals surface area contributed by atoms with E-state index in [1.807, 2.05) is 13.0 Å². The van der Waals surface area contributed by atoms with Crippen LogP contribution in [0.4, 0.5) is 0 Å². The van der Waals surface area contributed by atoms with E-state index < -0.39 is 0 Å². The third-order valence-electron chi connectivity index (χ3n) is 1.64. The Bertz CT molecular complexity index is 299. The summed E-state index contributed by atoms with van der Waals surface area (Å²) in [5.74, 6) is 0. The van der Waals surface area contributed by atoms with E-state index in [0.29, 0.717) is 12.2 Å².